The van der Waals surface area contributed by atoms with Crippen LogP contribution in [-0.2, 0) is 6.54 Å². The lowest BCUT2D eigenvalue weighted by molar-refractivity contribution is 0.177. The summed E-state index contributed by atoms with van der Waals surface area (Å²) in [6.07, 6.45) is 4.41. The van der Waals surface area contributed by atoms with Gasteiger partial charge in [-0.05, 0) is 31.4 Å². The molecule has 1 atom stereocenters. The fraction of sp³-hybridized carbons (Fsp3) is 0.583. The van der Waals surface area contributed by atoms with Crippen molar-refractivity contribution in [3.8, 4) is 0 Å². The van der Waals surface area contributed by atoms with Crippen LogP contribution in [0.2, 0.25) is 0 Å². The molecule has 1 aromatic rings. The maximum Gasteiger partial charge on any atom is 0.144 e. The predicted molar refractivity (Wildman–Crippen MR) is 65.7 cm³/mol. The van der Waals surface area contributed by atoms with Crippen LogP contribution in [-0.4, -0.2) is 23.0 Å². The standard InChI is InChI=1S/C12H20N4/c1-10-4-3-7-16(8-10)9-11-5-2-6-14-12(11)15-13/h2,5-6,10H,3-4,7-9,13H2,1H3,(H,14,15). The first kappa shape index (κ1) is 11.4. The van der Waals surface area contributed by atoms with Gasteiger partial charge in [-0.2, -0.15) is 0 Å². The molecule has 2 heterocycles. The number of pyridine rings is 1. The van der Waals surface area contributed by atoms with Crippen molar-refractivity contribution in [2.75, 3.05) is 18.5 Å². The first-order chi connectivity index (χ1) is 7.79. The second kappa shape index (κ2) is 5.27. The van der Waals surface area contributed by atoms with Gasteiger partial charge in [-0.3, -0.25) is 4.90 Å². The molecule has 2 rings (SSSR count). The highest BCUT2D eigenvalue weighted by Gasteiger charge is 2.17. The third-order valence-electron chi connectivity index (χ3n) is 3.16. The predicted octanol–water partition coefficient (Wildman–Crippen LogP) is 1.60. The SMILES string of the molecule is CC1CCCN(Cc2cccnc2NN)C1. The van der Waals surface area contributed by atoms with E-state index in [-0.39, 0.29) is 0 Å². The zero-order chi connectivity index (χ0) is 11.4. The second-order valence-corrected chi connectivity index (χ2v) is 4.64. The first-order valence-corrected chi connectivity index (χ1v) is 5.92. The summed E-state index contributed by atoms with van der Waals surface area (Å²) < 4.78 is 0. The van der Waals surface area contributed by atoms with Gasteiger partial charge in [0.2, 0.25) is 0 Å². The molecule has 0 amide bonds. The average molecular weight is 220 g/mol. The average Bonchev–Trinajstić information content (AvgIpc) is 2.30. The van der Waals surface area contributed by atoms with Gasteiger partial charge >= 0.3 is 0 Å². The summed E-state index contributed by atoms with van der Waals surface area (Å²) in [4.78, 5) is 6.70. The summed E-state index contributed by atoms with van der Waals surface area (Å²) in [5.41, 5.74) is 3.84. The molecule has 1 unspecified atom stereocenters. The Labute approximate surface area is 96.8 Å². The number of nitrogens with one attached hydrogen (secondary N) is 1. The molecule has 4 nitrogen and oxygen atoms in total. The van der Waals surface area contributed by atoms with Crippen molar-refractivity contribution in [3.05, 3.63) is 23.9 Å². The van der Waals surface area contributed by atoms with Crippen LogP contribution >= 0.6 is 0 Å². The van der Waals surface area contributed by atoms with Crippen molar-refractivity contribution in [2.45, 2.75) is 26.3 Å². The van der Waals surface area contributed by atoms with Crippen molar-refractivity contribution in [1.82, 2.24) is 9.88 Å². The molecule has 1 aliphatic heterocycles. The molecule has 0 spiro atoms. The third-order valence-corrected chi connectivity index (χ3v) is 3.16. The van der Waals surface area contributed by atoms with Gasteiger partial charge in [0.1, 0.15) is 5.82 Å². The molecule has 0 aliphatic carbocycles. The molecular formula is C12H20N4. The summed E-state index contributed by atoms with van der Waals surface area (Å²) >= 11 is 0. The van der Waals surface area contributed by atoms with E-state index >= 15 is 0 Å². The zero-order valence-electron chi connectivity index (χ0n) is 9.82. The summed E-state index contributed by atoms with van der Waals surface area (Å²) in [6.45, 7) is 5.62. The molecule has 0 bridgehead atoms. The summed E-state index contributed by atoms with van der Waals surface area (Å²) in [6, 6.07) is 4.05. The van der Waals surface area contributed by atoms with Gasteiger partial charge in [0, 0.05) is 24.8 Å². The highest BCUT2D eigenvalue weighted by molar-refractivity contribution is 5.42. The number of nitrogens with zero attached hydrogens (tertiary/aromatic N) is 2. The number of anilines is 1. The number of piperidine rings is 1. The summed E-state index contributed by atoms with van der Waals surface area (Å²) in [7, 11) is 0. The molecule has 0 aromatic carbocycles. The fourth-order valence-electron chi connectivity index (χ4n) is 2.37. The molecular weight excluding hydrogens is 200 g/mol. The maximum absolute atomic E-state index is 5.45. The Balaban J connectivity index is 2.02. The molecule has 1 aromatic heterocycles. The van der Waals surface area contributed by atoms with Crippen molar-refractivity contribution in [2.24, 2.45) is 11.8 Å². The molecule has 16 heavy (non-hydrogen) atoms. The van der Waals surface area contributed by atoms with Crippen LogP contribution in [0.25, 0.3) is 0 Å². The van der Waals surface area contributed by atoms with E-state index < -0.39 is 0 Å². The van der Waals surface area contributed by atoms with Crippen LogP contribution in [0.15, 0.2) is 18.3 Å². The van der Waals surface area contributed by atoms with E-state index in [1.807, 2.05) is 6.07 Å². The van der Waals surface area contributed by atoms with E-state index in [0.29, 0.717) is 0 Å². The van der Waals surface area contributed by atoms with Crippen LogP contribution in [0.4, 0.5) is 5.82 Å². The monoisotopic (exact) mass is 220 g/mol. The highest BCUT2D eigenvalue weighted by atomic mass is 15.3. The van der Waals surface area contributed by atoms with Crippen molar-refractivity contribution in [3.63, 3.8) is 0 Å². The van der Waals surface area contributed by atoms with E-state index in [0.717, 1.165) is 18.3 Å². The Kier molecular flexibility index (Phi) is 3.74. The first-order valence-electron chi connectivity index (χ1n) is 5.92. The van der Waals surface area contributed by atoms with Gasteiger partial charge in [0.05, 0.1) is 0 Å². The minimum absolute atomic E-state index is 0.792. The molecule has 1 saturated heterocycles. The smallest absolute Gasteiger partial charge is 0.144 e. The van der Waals surface area contributed by atoms with E-state index in [4.69, 9.17) is 5.84 Å². The minimum atomic E-state index is 0.792. The Hall–Kier alpha value is -1.13. The number of rotatable bonds is 3. The summed E-state index contributed by atoms with van der Waals surface area (Å²) in [5, 5.41) is 0. The van der Waals surface area contributed by atoms with Crippen molar-refractivity contribution in [1.29, 1.82) is 0 Å². The number of nitrogens with two attached hydrogens (primary N) is 1. The number of likely N-dealkylation sites (tertiary alicyclic amines) is 1. The number of hydrazine groups is 1. The van der Waals surface area contributed by atoms with E-state index in [9.17, 15) is 0 Å². The molecule has 0 saturated carbocycles. The normalized spacial score (nSPS) is 22.0. The van der Waals surface area contributed by atoms with E-state index in [1.54, 1.807) is 6.20 Å². The summed E-state index contributed by atoms with van der Waals surface area (Å²) in [5.74, 6) is 7.05. The molecule has 4 heteroatoms. The number of hydrogen-bond acceptors (Lipinski definition) is 4. The number of hydrogen-bond donors (Lipinski definition) is 2. The number of nitrogen functional groups attached to an aromatic ring is 1. The Morgan fingerprint density at radius 1 is 1.62 bits per heavy atom. The maximum atomic E-state index is 5.45. The molecule has 0 radical (unpaired) electrons. The zero-order valence-corrected chi connectivity index (χ0v) is 9.82. The largest absolute Gasteiger partial charge is 0.308 e. The second-order valence-electron chi connectivity index (χ2n) is 4.64. The Morgan fingerprint density at radius 3 is 3.25 bits per heavy atom. The number of aromatic nitrogens is 1. The molecule has 88 valence electrons. The molecule has 1 aliphatic rings. The van der Waals surface area contributed by atoms with Gasteiger partial charge in [0.15, 0.2) is 0 Å². The Bertz CT molecular complexity index is 340. The van der Waals surface area contributed by atoms with Crippen LogP contribution in [0, 0.1) is 5.92 Å². The van der Waals surface area contributed by atoms with Crippen molar-refractivity contribution >= 4 is 5.82 Å². The van der Waals surface area contributed by atoms with Gasteiger partial charge < -0.3 is 5.43 Å². The quantitative estimate of drug-likeness (QED) is 0.600. The van der Waals surface area contributed by atoms with Gasteiger partial charge in [-0.25, -0.2) is 10.8 Å². The van der Waals surface area contributed by atoms with E-state index in [2.05, 4.69) is 28.3 Å². The van der Waals surface area contributed by atoms with Gasteiger partial charge in [-0.15, -0.1) is 0 Å². The van der Waals surface area contributed by atoms with E-state index in [1.165, 1.54) is 31.5 Å². The van der Waals surface area contributed by atoms with Crippen LogP contribution in [0.3, 0.4) is 0 Å². The molecule has 1 fully saturated rings. The third kappa shape index (κ3) is 2.71. The Morgan fingerprint density at radius 2 is 2.50 bits per heavy atom. The van der Waals surface area contributed by atoms with Crippen LogP contribution in [0.5, 0.6) is 0 Å². The van der Waals surface area contributed by atoms with Gasteiger partial charge in [0.25, 0.3) is 0 Å². The minimum Gasteiger partial charge on any atom is -0.308 e. The topological polar surface area (TPSA) is 54.2 Å². The lowest BCUT2D eigenvalue weighted by Crippen LogP contribution is -2.34. The van der Waals surface area contributed by atoms with Crippen LogP contribution < -0.4 is 11.3 Å². The van der Waals surface area contributed by atoms with Crippen LogP contribution in [0.1, 0.15) is 25.3 Å². The van der Waals surface area contributed by atoms with Crippen molar-refractivity contribution < 1.29 is 0 Å². The molecule has 3 N–H and O–H groups in total. The highest BCUT2D eigenvalue weighted by Crippen LogP contribution is 2.19. The lowest BCUT2D eigenvalue weighted by Gasteiger charge is -2.31. The lowest BCUT2D eigenvalue weighted by atomic mass is 10.00. The fourth-order valence-corrected chi connectivity index (χ4v) is 2.37. The van der Waals surface area contributed by atoms with Gasteiger partial charge in [-0.1, -0.05) is 13.0 Å².